The maximum Gasteiger partial charge on any atom is 0.220 e. The van der Waals surface area contributed by atoms with Crippen LogP contribution < -0.4 is 20.5 Å². The van der Waals surface area contributed by atoms with Gasteiger partial charge in [-0.3, -0.25) is 4.79 Å². The van der Waals surface area contributed by atoms with E-state index in [1.54, 1.807) is 0 Å². The van der Waals surface area contributed by atoms with Crippen LogP contribution in [0.5, 0.6) is 11.5 Å². The number of carbonyl (C=O) groups is 1. The van der Waals surface area contributed by atoms with Crippen LogP contribution in [0, 0.1) is 11.8 Å². The van der Waals surface area contributed by atoms with E-state index in [9.17, 15) is 4.79 Å². The lowest BCUT2D eigenvalue weighted by Crippen LogP contribution is -2.53. The molecule has 5 nitrogen and oxygen atoms in total. The summed E-state index contributed by atoms with van der Waals surface area (Å²) in [7, 11) is 0. The molecule has 144 valence electrons. The molecule has 1 aromatic rings. The quantitative estimate of drug-likeness (QED) is 0.842. The van der Waals surface area contributed by atoms with E-state index < -0.39 is 0 Å². The Morgan fingerprint density at radius 2 is 1.81 bits per heavy atom. The van der Waals surface area contributed by atoms with Crippen LogP contribution in [-0.2, 0) is 11.2 Å². The van der Waals surface area contributed by atoms with Crippen molar-refractivity contribution in [1.82, 2.24) is 5.32 Å². The highest BCUT2D eigenvalue weighted by Gasteiger charge is 2.39. The molecule has 1 aromatic carbocycles. The van der Waals surface area contributed by atoms with Gasteiger partial charge in [-0.1, -0.05) is 12.5 Å². The molecule has 2 unspecified atom stereocenters. The largest absolute Gasteiger partial charge is 0.486 e. The number of aryl methyl sites for hydroxylation is 1. The van der Waals surface area contributed by atoms with Crippen LogP contribution in [-0.4, -0.2) is 31.2 Å². The van der Waals surface area contributed by atoms with Crippen molar-refractivity contribution in [2.45, 2.75) is 57.0 Å². The lowest BCUT2D eigenvalue weighted by atomic mass is 9.67. The first-order chi connectivity index (χ1) is 12.2. The molecular weight excluding hydrogens is 352 g/mol. The Labute approximate surface area is 161 Å². The van der Waals surface area contributed by atoms with Gasteiger partial charge in [0.1, 0.15) is 13.2 Å². The van der Waals surface area contributed by atoms with Crippen LogP contribution in [0.2, 0.25) is 0 Å². The zero-order valence-corrected chi connectivity index (χ0v) is 15.9. The van der Waals surface area contributed by atoms with Gasteiger partial charge in [0.2, 0.25) is 5.91 Å². The Bertz CT molecular complexity index is 625. The van der Waals surface area contributed by atoms with Gasteiger partial charge in [-0.2, -0.15) is 0 Å². The first-order valence-electron chi connectivity index (χ1n) is 9.62. The summed E-state index contributed by atoms with van der Waals surface area (Å²) in [6.07, 6.45) is 7.05. The highest BCUT2D eigenvalue weighted by atomic mass is 35.5. The highest BCUT2D eigenvalue weighted by Crippen LogP contribution is 2.39. The van der Waals surface area contributed by atoms with Crippen LogP contribution in [0.1, 0.15) is 44.1 Å². The monoisotopic (exact) mass is 380 g/mol. The second-order valence-corrected chi connectivity index (χ2v) is 7.75. The molecule has 3 N–H and O–H groups in total. The summed E-state index contributed by atoms with van der Waals surface area (Å²) in [5.74, 6) is 2.89. The maximum atomic E-state index is 12.5. The van der Waals surface area contributed by atoms with Crippen molar-refractivity contribution in [3.63, 3.8) is 0 Å². The molecule has 0 radical (unpaired) electrons. The molecule has 3 aliphatic rings. The fourth-order valence-electron chi connectivity index (χ4n) is 4.78. The first-order valence-corrected chi connectivity index (χ1v) is 9.62. The van der Waals surface area contributed by atoms with Gasteiger partial charge in [0, 0.05) is 18.5 Å². The van der Waals surface area contributed by atoms with Crippen molar-refractivity contribution < 1.29 is 14.3 Å². The van der Waals surface area contributed by atoms with E-state index in [1.165, 1.54) is 19.3 Å². The maximum absolute atomic E-state index is 12.5. The number of rotatable bonds is 4. The topological polar surface area (TPSA) is 73.6 Å². The number of carbonyl (C=O) groups excluding carboxylic acids is 1. The van der Waals surface area contributed by atoms with Gasteiger partial charge in [-0.15, -0.1) is 12.4 Å². The number of hydrogen-bond acceptors (Lipinski definition) is 4. The van der Waals surface area contributed by atoms with Crippen LogP contribution in [0.15, 0.2) is 18.2 Å². The Hall–Kier alpha value is -1.46. The fraction of sp³-hybridized carbons (Fsp3) is 0.650. The van der Waals surface area contributed by atoms with Gasteiger partial charge >= 0.3 is 0 Å². The van der Waals surface area contributed by atoms with Gasteiger partial charge in [-0.25, -0.2) is 0 Å². The molecule has 26 heavy (non-hydrogen) atoms. The van der Waals surface area contributed by atoms with E-state index in [2.05, 4.69) is 5.32 Å². The number of ether oxygens (including phenoxy) is 2. The molecule has 6 heteroatoms. The van der Waals surface area contributed by atoms with E-state index in [-0.39, 0.29) is 18.3 Å². The van der Waals surface area contributed by atoms with Crippen molar-refractivity contribution in [3.8, 4) is 11.5 Å². The predicted molar refractivity (Wildman–Crippen MR) is 103 cm³/mol. The van der Waals surface area contributed by atoms with Crippen LogP contribution in [0.3, 0.4) is 0 Å². The molecule has 2 aliphatic carbocycles. The third kappa shape index (κ3) is 4.26. The lowest BCUT2D eigenvalue weighted by Gasteiger charge is -2.45. The van der Waals surface area contributed by atoms with E-state index in [0.717, 1.165) is 36.3 Å². The summed E-state index contributed by atoms with van der Waals surface area (Å²) in [5.41, 5.74) is 7.29. The molecule has 0 aromatic heterocycles. The molecule has 1 amide bonds. The summed E-state index contributed by atoms with van der Waals surface area (Å²) < 4.78 is 11.2. The standard InChI is InChI=1S/C20H28N2O3.ClH/c21-16-11-14-2-1-3-15(12-16)20(14)22-19(23)7-5-13-4-6-17-18(10-13)25-9-8-24-17;/h4,6,10,14-16,20H,1-3,5,7-9,11-12,21H2,(H,22,23);1H. The third-order valence-electron chi connectivity index (χ3n) is 5.95. The molecule has 2 atom stereocenters. The molecule has 2 bridgehead atoms. The molecular formula is C20H29ClN2O3. The Morgan fingerprint density at radius 1 is 1.12 bits per heavy atom. The smallest absolute Gasteiger partial charge is 0.220 e. The summed E-state index contributed by atoms with van der Waals surface area (Å²) in [6, 6.07) is 6.61. The van der Waals surface area contributed by atoms with Crippen molar-refractivity contribution in [2.75, 3.05) is 13.2 Å². The molecule has 2 fully saturated rings. The molecule has 0 saturated heterocycles. The highest BCUT2D eigenvalue weighted by molar-refractivity contribution is 5.85. The number of fused-ring (bicyclic) bond motifs is 3. The zero-order valence-electron chi connectivity index (χ0n) is 15.1. The minimum absolute atomic E-state index is 0. The average Bonchev–Trinajstić information content (AvgIpc) is 2.60. The van der Waals surface area contributed by atoms with E-state index in [1.807, 2.05) is 18.2 Å². The first kappa shape index (κ1) is 19.3. The Kier molecular flexibility index (Phi) is 6.30. The normalized spacial score (nSPS) is 29.4. The average molecular weight is 381 g/mol. The molecule has 4 rings (SSSR count). The SMILES string of the molecule is Cl.NC1CC2CCCC(C1)C2NC(=O)CCc1ccc2c(c1)OCCO2. The summed E-state index contributed by atoms with van der Waals surface area (Å²) in [5, 5.41) is 3.32. The number of hydrogen-bond donors (Lipinski definition) is 2. The Morgan fingerprint density at radius 3 is 2.54 bits per heavy atom. The number of halogens is 1. The van der Waals surface area contributed by atoms with Gasteiger partial charge in [0.15, 0.2) is 11.5 Å². The van der Waals surface area contributed by atoms with Crippen molar-refractivity contribution in [1.29, 1.82) is 0 Å². The van der Waals surface area contributed by atoms with Crippen LogP contribution in [0.25, 0.3) is 0 Å². The molecule has 0 spiro atoms. The summed E-state index contributed by atoms with van der Waals surface area (Å²) >= 11 is 0. The van der Waals surface area contributed by atoms with Crippen LogP contribution in [0.4, 0.5) is 0 Å². The van der Waals surface area contributed by atoms with Gasteiger partial charge in [0.25, 0.3) is 0 Å². The molecule has 1 aliphatic heterocycles. The van der Waals surface area contributed by atoms with Crippen molar-refractivity contribution in [3.05, 3.63) is 23.8 Å². The van der Waals surface area contributed by atoms with E-state index >= 15 is 0 Å². The second kappa shape index (κ2) is 8.49. The van der Waals surface area contributed by atoms with Crippen molar-refractivity contribution in [2.24, 2.45) is 17.6 Å². The fourth-order valence-corrected chi connectivity index (χ4v) is 4.78. The number of nitrogens with two attached hydrogens (primary N) is 1. The summed E-state index contributed by atoms with van der Waals surface area (Å²) in [4.78, 5) is 12.5. The third-order valence-corrected chi connectivity index (χ3v) is 5.95. The Balaban J connectivity index is 0.00000196. The number of amides is 1. The number of benzene rings is 1. The van der Waals surface area contributed by atoms with Crippen LogP contribution >= 0.6 is 12.4 Å². The lowest BCUT2D eigenvalue weighted by molar-refractivity contribution is -0.123. The van der Waals surface area contributed by atoms with Crippen molar-refractivity contribution >= 4 is 18.3 Å². The molecule has 2 saturated carbocycles. The molecule has 1 heterocycles. The number of nitrogens with one attached hydrogen (secondary N) is 1. The van der Waals surface area contributed by atoms with Gasteiger partial charge < -0.3 is 20.5 Å². The summed E-state index contributed by atoms with van der Waals surface area (Å²) in [6.45, 7) is 1.19. The zero-order chi connectivity index (χ0) is 17.2. The minimum atomic E-state index is 0. The van der Waals surface area contributed by atoms with Gasteiger partial charge in [-0.05, 0) is 61.6 Å². The second-order valence-electron chi connectivity index (χ2n) is 7.75. The predicted octanol–water partition coefficient (Wildman–Crippen LogP) is 2.83. The van der Waals surface area contributed by atoms with Gasteiger partial charge in [0.05, 0.1) is 0 Å². The van der Waals surface area contributed by atoms with E-state index in [4.69, 9.17) is 15.2 Å². The minimum Gasteiger partial charge on any atom is -0.486 e. The van der Waals surface area contributed by atoms with E-state index in [0.29, 0.717) is 43.6 Å².